The van der Waals surface area contributed by atoms with Crippen LogP contribution in [0.2, 0.25) is 0 Å². The Morgan fingerprint density at radius 2 is 1.91 bits per heavy atom. The second-order valence-electron chi connectivity index (χ2n) is 5.50. The molecule has 0 amide bonds. The number of ketones is 1. The lowest BCUT2D eigenvalue weighted by molar-refractivity contribution is 0.103. The van der Waals surface area contributed by atoms with Crippen molar-refractivity contribution < 1.29 is 18.3 Å². The SMILES string of the molecule is Cc1cc(S(C)(=O)=O)ccc1C(=O)c1cnn(C(C)C)c1O. The van der Waals surface area contributed by atoms with Crippen molar-refractivity contribution in [3.8, 4) is 5.88 Å². The first-order valence-corrected chi connectivity index (χ1v) is 8.64. The highest BCUT2D eigenvalue weighted by atomic mass is 32.2. The summed E-state index contributed by atoms with van der Waals surface area (Å²) < 4.78 is 24.4. The van der Waals surface area contributed by atoms with Gasteiger partial charge >= 0.3 is 0 Å². The summed E-state index contributed by atoms with van der Waals surface area (Å²) in [4.78, 5) is 12.7. The molecule has 1 N–H and O–H groups in total. The summed E-state index contributed by atoms with van der Waals surface area (Å²) in [6.45, 7) is 5.34. The third-order valence-corrected chi connectivity index (χ3v) is 4.48. The van der Waals surface area contributed by atoms with Crippen LogP contribution in [0.5, 0.6) is 5.88 Å². The quantitative estimate of drug-likeness (QED) is 0.871. The molecule has 0 saturated carbocycles. The lowest BCUT2D eigenvalue weighted by Gasteiger charge is -2.08. The number of aromatic hydroxyl groups is 1. The molecule has 2 rings (SSSR count). The Morgan fingerprint density at radius 3 is 2.36 bits per heavy atom. The molecule has 0 bridgehead atoms. The van der Waals surface area contributed by atoms with E-state index in [4.69, 9.17) is 0 Å². The molecule has 0 aliphatic rings. The summed E-state index contributed by atoms with van der Waals surface area (Å²) in [7, 11) is -3.32. The molecule has 7 heteroatoms. The summed E-state index contributed by atoms with van der Waals surface area (Å²) in [6.07, 6.45) is 2.43. The van der Waals surface area contributed by atoms with Crippen LogP contribution in [0.15, 0.2) is 29.3 Å². The Morgan fingerprint density at radius 1 is 1.27 bits per heavy atom. The van der Waals surface area contributed by atoms with Gasteiger partial charge in [0.25, 0.3) is 0 Å². The molecule has 0 atom stereocenters. The van der Waals surface area contributed by atoms with E-state index in [1.807, 2.05) is 13.8 Å². The van der Waals surface area contributed by atoms with Gasteiger partial charge in [0.2, 0.25) is 5.88 Å². The first kappa shape index (κ1) is 16.2. The van der Waals surface area contributed by atoms with Gasteiger partial charge in [0, 0.05) is 11.8 Å². The van der Waals surface area contributed by atoms with Crippen LogP contribution in [-0.4, -0.2) is 35.3 Å². The molecule has 0 aliphatic heterocycles. The van der Waals surface area contributed by atoms with E-state index < -0.39 is 9.84 Å². The first-order valence-electron chi connectivity index (χ1n) is 6.74. The lowest BCUT2D eigenvalue weighted by Crippen LogP contribution is -2.06. The summed E-state index contributed by atoms with van der Waals surface area (Å²) in [5.74, 6) is -0.575. The average molecular weight is 322 g/mol. The maximum absolute atomic E-state index is 12.5. The normalized spacial score (nSPS) is 11.9. The Hall–Kier alpha value is -2.15. The van der Waals surface area contributed by atoms with Crippen LogP contribution in [0.3, 0.4) is 0 Å². The van der Waals surface area contributed by atoms with Crippen LogP contribution in [0.25, 0.3) is 0 Å². The zero-order valence-electron chi connectivity index (χ0n) is 12.9. The molecule has 1 heterocycles. The van der Waals surface area contributed by atoms with Gasteiger partial charge in [-0.15, -0.1) is 0 Å². The van der Waals surface area contributed by atoms with E-state index in [1.54, 1.807) is 6.92 Å². The zero-order chi connectivity index (χ0) is 16.7. The van der Waals surface area contributed by atoms with Crippen LogP contribution >= 0.6 is 0 Å². The zero-order valence-corrected chi connectivity index (χ0v) is 13.7. The number of carbonyl (C=O) groups is 1. The topological polar surface area (TPSA) is 89.3 Å². The van der Waals surface area contributed by atoms with E-state index >= 15 is 0 Å². The van der Waals surface area contributed by atoms with E-state index in [2.05, 4.69) is 5.10 Å². The predicted octanol–water partition coefficient (Wildman–Crippen LogP) is 2.11. The minimum Gasteiger partial charge on any atom is -0.493 e. The van der Waals surface area contributed by atoms with Gasteiger partial charge in [0.15, 0.2) is 15.6 Å². The summed E-state index contributed by atoms with van der Waals surface area (Å²) >= 11 is 0. The monoisotopic (exact) mass is 322 g/mol. The molecule has 0 radical (unpaired) electrons. The fourth-order valence-corrected chi connectivity index (χ4v) is 2.87. The molecule has 0 fully saturated rings. The maximum Gasteiger partial charge on any atom is 0.221 e. The van der Waals surface area contributed by atoms with Crippen molar-refractivity contribution >= 4 is 15.6 Å². The Labute approximate surface area is 129 Å². The molecular formula is C15H18N2O4S. The van der Waals surface area contributed by atoms with Crippen LogP contribution in [0.1, 0.15) is 41.4 Å². The first-order chi connectivity index (χ1) is 10.1. The summed E-state index contributed by atoms with van der Waals surface area (Å²) in [5.41, 5.74) is 0.972. The van der Waals surface area contributed by atoms with Crippen LogP contribution < -0.4 is 0 Å². The molecule has 2 aromatic rings. The smallest absolute Gasteiger partial charge is 0.221 e. The molecular weight excluding hydrogens is 304 g/mol. The standard InChI is InChI=1S/C15H18N2O4S/c1-9(2)17-15(19)13(8-16-17)14(18)12-6-5-11(7-10(12)3)22(4,20)21/h5-9,19H,1-4H3. The Kier molecular flexibility index (Phi) is 4.10. The number of benzene rings is 1. The molecule has 0 aliphatic carbocycles. The second-order valence-corrected chi connectivity index (χ2v) is 7.51. The number of sulfone groups is 1. The number of aryl methyl sites for hydroxylation is 1. The van der Waals surface area contributed by atoms with Crippen molar-refractivity contribution in [3.63, 3.8) is 0 Å². The van der Waals surface area contributed by atoms with Crippen molar-refractivity contribution in [1.82, 2.24) is 9.78 Å². The van der Waals surface area contributed by atoms with E-state index in [0.717, 1.165) is 6.26 Å². The van der Waals surface area contributed by atoms with E-state index in [-0.39, 0.29) is 28.2 Å². The van der Waals surface area contributed by atoms with Crippen molar-refractivity contribution in [1.29, 1.82) is 0 Å². The van der Waals surface area contributed by atoms with Gasteiger partial charge in [0.05, 0.1) is 17.1 Å². The second kappa shape index (κ2) is 5.57. The van der Waals surface area contributed by atoms with Gasteiger partial charge in [-0.1, -0.05) is 0 Å². The summed E-state index contributed by atoms with van der Waals surface area (Å²) in [5, 5.41) is 14.1. The van der Waals surface area contributed by atoms with Crippen LogP contribution in [0, 0.1) is 6.92 Å². The third-order valence-electron chi connectivity index (χ3n) is 3.37. The average Bonchev–Trinajstić information content (AvgIpc) is 2.78. The lowest BCUT2D eigenvalue weighted by atomic mass is 10.0. The van der Waals surface area contributed by atoms with Gasteiger partial charge < -0.3 is 5.11 Å². The molecule has 0 spiro atoms. The molecule has 22 heavy (non-hydrogen) atoms. The summed E-state index contributed by atoms with van der Waals surface area (Å²) in [6, 6.07) is 4.22. The van der Waals surface area contributed by atoms with E-state index in [0.29, 0.717) is 11.1 Å². The number of hydrogen-bond donors (Lipinski definition) is 1. The van der Waals surface area contributed by atoms with Gasteiger partial charge in [0.1, 0.15) is 5.56 Å². The number of nitrogens with zero attached hydrogens (tertiary/aromatic N) is 2. The van der Waals surface area contributed by atoms with Crippen LogP contribution in [0.4, 0.5) is 0 Å². The molecule has 1 aromatic carbocycles. The third kappa shape index (κ3) is 2.89. The fraction of sp³-hybridized carbons (Fsp3) is 0.333. The van der Waals surface area contributed by atoms with Gasteiger partial charge in [-0.2, -0.15) is 5.10 Å². The van der Waals surface area contributed by atoms with Gasteiger partial charge in [-0.05, 0) is 44.5 Å². The molecule has 0 unspecified atom stereocenters. The molecule has 0 saturated heterocycles. The highest BCUT2D eigenvalue weighted by Gasteiger charge is 2.21. The highest BCUT2D eigenvalue weighted by molar-refractivity contribution is 7.90. The predicted molar refractivity (Wildman–Crippen MR) is 82.0 cm³/mol. The number of aromatic nitrogens is 2. The van der Waals surface area contributed by atoms with Crippen molar-refractivity contribution in [3.05, 3.63) is 41.1 Å². The molecule has 6 nitrogen and oxygen atoms in total. The van der Waals surface area contributed by atoms with Crippen molar-refractivity contribution in [2.24, 2.45) is 0 Å². The number of rotatable bonds is 4. The number of hydrogen-bond acceptors (Lipinski definition) is 5. The fourth-order valence-electron chi connectivity index (χ4n) is 2.16. The highest BCUT2D eigenvalue weighted by Crippen LogP contribution is 2.25. The minimum absolute atomic E-state index is 0.0738. The number of carbonyl (C=O) groups excluding carboxylic acids is 1. The largest absolute Gasteiger partial charge is 0.493 e. The van der Waals surface area contributed by atoms with Crippen molar-refractivity contribution in [2.45, 2.75) is 31.7 Å². The molecule has 118 valence electrons. The van der Waals surface area contributed by atoms with E-state index in [9.17, 15) is 18.3 Å². The maximum atomic E-state index is 12.5. The van der Waals surface area contributed by atoms with E-state index in [1.165, 1.54) is 29.1 Å². The van der Waals surface area contributed by atoms with Gasteiger partial charge in [-0.25, -0.2) is 13.1 Å². The van der Waals surface area contributed by atoms with Gasteiger partial charge in [-0.3, -0.25) is 4.79 Å². The Balaban J connectivity index is 2.47. The Bertz CT molecular complexity index is 835. The van der Waals surface area contributed by atoms with Crippen LogP contribution in [-0.2, 0) is 9.84 Å². The van der Waals surface area contributed by atoms with Crippen molar-refractivity contribution in [2.75, 3.05) is 6.26 Å². The molecule has 1 aromatic heterocycles. The minimum atomic E-state index is -3.32.